The minimum atomic E-state index is 0.00980. The first-order valence-electron chi connectivity index (χ1n) is 11.0. The summed E-state index contributed by atoms with van der Waals surface area (Å²) in [4.78, 5) is 19.4. The molecule has 2 aliphatic rings. The molecule has 2 fully saturated rings. The highest BCUT2D eigenvalue weighted by molar-refractivity contribution is 5.94. The quantitative estimate of drug-likeness (QED) is 0.619. The molecule has 4 heterocycles. The molecule has 2 aliphatic heterocycles. The van der Waals surface area contributed by atoms with Crippen molar-refractivity contribution in [1.29, 1.82) is 0 Å². The molecule has 0 atom stereocenters. The Labute approximate surface area is 187 Å². The second-order valence-corrected chi connectivity index (χ2v) is 8.03. The van der Waals surface area contributed by atoms with Gasteiger partial charge >= 0.3 is 0 Å². The fraction of sp³-hybridized carbons (Fsp3) is 0.391. The van der Waals surface area contributed by atoms with E-state index in [9.17, 15) is 4.79 Å². The van der Waals surface area contributed by atoms with Crippen molar-refractivity contribution in [2.24, 2.45) is 7.05 Å². The summed E-state index contributed by atoms with van der Waals surface area (Å²) in [5, 5.41) is 13.4. The Kier molecular flexibility index (Phi) is 5.72. The fourth-order valence-electron chi connectivity index (χ4n) is 4.17. The van der Waals surface area contributed by atoms with E-state index in [2.05, 4.69) is 25.1 Å². The highest BCUT2D eigenvalue weighted by atomic mass is 16.5. The lowest BCUT2D eigenvalue weighted by Crippen LogP contribution is -2.49. The Morgan fingerprint density at radius 3 is 2.09 bits per heavy atom. The first kappa shape index (κ1) is 20.4. The predicted octanol–water partition coefficient (Wildman–Crippen LogP) is 1.68. The van der Waals surface area contributed by atoms with Crippen LogP contribution < -0.4 is 9.80 Å². The molecule has 3 aromatic rings. The molecule has 0 aliphatic carbocycles. The smallest absolute Gasteiger partial charge is 0.272 e. The molecule has 32 heavy (non-hydrogen) atoms. The number of aromatic nitrogens is 4. The summed E-state index contributed by atoms with van der Waals surface area (Å²) in [6, 6.07) is 15.8. The third-order valence-electron chi connectivity index (χ3n) is 6.03. The van der Waals surface area contributed by atoms with Crippen LogP contribution in [-0.4, -0.2) is 83.3 Å². The summed E-state index contributed by atoms with van der Waals surface area (Å²) >= 11 is 0. The summed E-state index contributed by atoms with van der Waals surface area (Å²) in [6.07, 6.45) is 0. The number of morpholine rings is 1. The van der Waals surface area contributed by atoms with Crippen LogP contribution in [0.3, 0.4) is 0 Å². The van der Waals surface area contributed by atoms with Crippen LogP contribution in [0.15, 0.2) is 48.5 Å². The Morgan fingerprint density at radius 2 is 1.47 bits per heavy atom. The second-order valence-electron chi connectivity index (χ2n) is 8.03. The number of carbonyl (C=O) groups excluding carboxylic acids is 1. The second kappa shape index (κ2) is 8.96. The van der Waals surface area contributed by atoms with Gasteiger partial charge in [0.15, 0.2) is 11.6 Å². The lowest BCUT2D eigenvalue weighted by Gasteiger charge is -2.35. The zero-order valence-corrected chi connectivity index (χ0v) is 18.2. The Balaban J connectivity index is 1.21. The zero-order chi connectivity index (χ0) is 21.9. The first-order valence-corrected chi connectivity index (χ1v) is 11.0. The molecule has 166 valence electrons. The van der Waals surface area contributed by atoms with E-state index in [0.717, 1.165) is 62.3 Å². The Bertz CT molecular complexity index is 1050. The van der Waals surface area contributed by atoms with Crippen molar-refractivity contribution in [3.05, 3.63) is 54.2 Å². The van der Waals surface area contributed by atoms with E-state index in [-0.39, 0.29) is 5.91 Å². The summed E-state index contributed by atoms with van der Waals surface area (Å²) in [5.41, 5.74) is 2.42. The number of ether oxygens (including phenoxy) is 1. The average Bonchev–Trinajstić information content (AvgIpc) is 3.26. The van der Waals surface area contributed by atoms with E-state index in [1.807, 2.05) is 60.5 Å². The van der Waals surface area contributed by atoms with Crippen molar-refractivity contribution in [3.63, 3.8) is 0 Å². The molecule has 0 N–H and O–H groups in total. The van der Waals surface area contributed by atoms with Crippen molar-refractivity contribution < 1.29 is 9.53 Å². The van der Waals surface area contributed by atoms with Gasteiger partial charge in [-0.15, -0.1) is 10.2 Å². The molecular weight excluding hydrogens is 406 g/mol. The van der Waals surface area contributed by atoms with Gasteiger partial charge in [0.2, 0.25) is 0 Å². The van der Waals surface area contributed by atoms with Gasteiger partial charge in [-0.25, -0.2) is 0 Å². The number of benzene rings is 1. The van der Waals surface area contributed by atoms with Crippen molar-refractivity contribution in [2.75, 3.05) is 62.3 Å². The molecule has 0 bridgehead atoms. The fourth-order valence-corrected chi connectivity index (χ4v) is 4.17. The third-order valence-corrected chi connectivity index (χ3v) is 6.03. The van der Waals surface area contributed by atoms with Crippen molar-refractivity contribution in [2.45, 2.75) is 0 Å². The van der Waals surface area contributed by atoms with Gasteiger partial charge in [-0.1, -0.05) is 30.3 Å². The van der Waals surface area contributed by atoms with Crippen molar-refractivity contribution >= 4 is 17.5 Å². The number of hydrogen-bond acceptors (Lipinski definition) is 7. The monoisotopic (exact) mass is 433 g/mol. The number of piperazine rings is 1. The van der Waals surface area contributed by atoms with Crippen LogP contribution in [0.5, 0.6) is 0 Å². The number of nitrogens with zero attached hydrogens (tertiary/aromatic N) is 7. The maximum Gasteiger partial charge on any atom is 0.272 e. The highest BCUT2D eigenvalue weighted by Gasteiger charge is 2.26. The molecule has 1 amide bonds. The van der Waals surface area contributed by atoms with E-state index < -0.39 is 0 Å². The number of aryl methyl sites for hydroxylation is 1. The summed E-state index contributed by atoms with van der Waals surface area (Å²) < 4.78 is 7.07. The summed E-state index contributed by atoms with van der Waals surface area (Å²) in [5.74, 6) is 1.74. The van der Waals surface area contributed by atoms with Gasteiger partial charge in [-0.2, -0.15) is 5.10 Å². The van der Waals surface area contributed by atoms with E-state index in [4.69, 9.17) is 4.74 Å². The van der Waals surface area contributed by atoms with E-state index in [1.54, 1.807) is 4.68 Å². The number of carbonyl (C=O) groups is 1. The van der Waals surface area contributed by atoms with Gasteiger partial charge in [0.1, 0.15) is 5.69 Å². The molecular formula is C23H27N7O2. The van der Waals surface area contributed by atoms with Crippen LogP contribution in [0.4, 0.5) is 11.6 Å². The Hall–Kier alpha value is -3.46. The van der Waals surface area contributed by atoms with E-state index in [0.29, 0.717) is 18.8 Å². The molecule has 0 unspecified atom stereocenters. The molecule has 2 saturated heterocycles. The lowest BCUT2D eigenvalue weighted by molar-refractivity contribution is 0.0735. The number of hydrogen-bond donors (Lipinski definition) is 0. The minimum Gasteiger partial charge on any atom is -0.378 e. The van der Waals surface area contributed by atoms with Gasteiger partial charge in [-0.3, -0.25) is 9.48 Å². The van der Waals surface area contributed by atoms with Gasteiger partial charge < -0.3 is 19.4 Å². The van der Waals surface area contributed by atoms with Crippen LogP contribution in [0.25, 0.3) is 11.3 Å². The topological polar surface area (TPSA) is 79.6 Å². The van der Waals surface area contributed by atoms with Crippen molar-refractivity contribution in [3.8, 4) is 11.3 Å². The van der Waals surface area contributed by atoms with Crippen LogP contribution in [-0.2, 0) is 11.8 Å². The predicted molar refractivity (Wildman–Crippen MR) is 122 cm³/mol. The van der Waals surface area contributed by atoms with Gasteiger partial charge in [0, 0.05) is 51.9 Å². The van der Waals surface area contributed by atoms with E-state index >= 15 is 0 Å². The van der Waals surface area contributed by atoms with Gasteiger partial charge in [0.25, 0.3) is 5.91 Å². The SMILES string of the molecule is Cn1nc(-c2ccccc2)cc1C(=O)N1CCN(c2ccc(N3CCOCC3)nn2)CC1. The molecule has 0 radical (unpaired) electrons. The van der Waals surface area contributed by atoms with Crippen LogP contribution >= 0.6 is 0 Å². The molecule has 9 nitrogen and oxygen atoms in total. The molecule has 2 aromatic heterocycles. The third kappa shape index (κ3) is 4.16. The molecule has 0 saturated carbocycles. The molecule has 9 heteroatoms. The first-order chi connectivity index (χ1) is 15.7. The maximum atomic E-state index is 13.1. The normalized spacial score (nSPS) is 17.0. The van der Waals surface area contributed by atoms with E-state index in [1.165, 1.54) is 0 Å². The highest BCUT2D eigenvalue weighted by Crippen LogP contribution is 2.21. The summed E-state index contributed by atoms with van der Waals surface area (Å²) in [6.45, 7) is 5.85. The number of anilines is 2. The molecule has 0 spiro atoms. The zero-order valence-electron chi connectivity index (χ0n) is 18.2. The van der Waals surface area contributed by atoms with Crippen LogP contribution in [0, 0.1) is 0 Å². The van der Waals surface area contributed by atoms with Crippen LogP contribution in [0.1, 0.15) is 10.5 Å². The van der Waals surface area contributed by atoms with Crippen molar-refractivity contribution in [1.82, 2.24) is 24.9 Å². The van der Waals surface area contributed by atoms with Gasteiger partial charge in [0.05, 0.1) is 18.9 Å². The number of amides is 1. The maximum absolute atomic E-state index is 13.1. The average molecular weight is 434 g/mol. The van der Waals surface area contributed by atoms with Gasteiger partial charge in [-0.05, 0) is 18.2 Å². The Morgan fingerprint density at radius 1 is 0.844 bits per heavy atom. The standard InChI is InChI=1S/C23H27N7O2/c1-27-20(17-19(26-27)18-5-3-2-4-6-18)23(31)30-11-9-28(10-12-30)21-7-8-22(25-24-21)29-13-15-32-16-14-29/h2-8,17H,9-16H2,1H3. The van der Waals surface area contributed by atoms with Crippen LogP contribution in [0.2, 0.25) is 0 Å². The molecule has 1 aromatic carbocycles. The minimum absolute atomic E-state index is 0.00980. The summed E-state index contributed by atoms with van der Waals surface area (Å²) in [7, 11) is 1.82. The molecule has 5 rings (SSSR count). The largest absolute Gasteiger partial charge is 0.378 e. The number of rotatable bonds is 4. The lowest BCUT2D eigenvalue weighted by atomic mass is 10.1.